The van der Waals surface area contributed by atoms with E-state index in [0.29, 0.717) is 18.4 Å². The standard InChI is InChI=1S/C8H15N3S/c1-5(2)6(3)8-11-10-7(4-9)12-8/h5-6H,4,9H2,1-3H3. The number of hydrogen-bond acceptors (Lipinski definition) is 4. The topological polar surface area (TPSA) is 51.8 Å². The number of hydrogen-bond donors (Lipinski definition) is 1. The molecule has 0 amide bonds. The predicted molar refractivity (Wildman–Crippen MR) is 51.1 cm³/mol. The Hall–Kier alpha value is -0.480. The van der Waals surface area contributed by atoms with Crippen LogP contribution >= 0.6 is 11.3 Å². The van der Waals surface area contributed by atoms with Gasteiger partial charge in [-0.25, -0.2) is 0 Å². The summed E-state index contributed by atoms with van der Waals surface area (Å²) in [5, 5.41) is 10.1. The third kappa shape index (κ3) is 2.01. The van der Waals surface area contributed by atoms with Crippen LogP contribution in [0.3, 0.4) is 0 Å². The smallest absolute Gasteiger partial charge is 0.131 e. The molecule has 1 rings (SSSR count). The fourth-order valence-corrected chi connectivity index (χ4v) is 1.76. The van der Waals surface area contributed by atoms with Crippen LogP contribution in [-0.2, 0) is 6.54 Å². The highest BCUT2D eigenvalue weighted by molar-refractivity contribution is 7.11. The summed E-state index contributed by atoms with van der Waals surface area (Å²) >= 11 is 1.62. The summed E-state index contributed by atoms with van der Waals surface area (Å²) < 4.78 is 0. The highest BCUT2D eigenvalue weighted by Crippen LogP contribution is 2.25. The molecule has 0 aliphatic rings. The van der Waals surface area contributed by atoms with Crippen LogP contribution in [0.2, 0.25) is 0 Å². The van der Waals surface area contributed by atoms with Crippen molar-refractivity contribution < 1.29 is 0 Å². The lowest BCUT2D eigenvalue weighted by Gasteiger charge is -2.10. The SMILES string of the molecule is CC(C)C(C)c1nnc(CN)s1. The van der Waals surface area contributed by atoms with Crippen molar-refractivity contribution >= 4 is 11.3 Å². The molecule has 0 bridgehead atoms. The third-order valence-corrected chi connectivity index (χ3v) is 3.19. The lowest BCUT2D eigenvalue weighted by atomic mass is 9.99. The molecule has 68 valence electrons. The average Bonchev–Trinajstić information content (AvgIpc) is 2.50. The van der Waals surface area contributed by atoms with Gasteiger partial charge in [0.1, 0.15) is 10.0 Å². The van der Waals surface area contributed by atoms with Gasteiger partial charge in [-0.2, -0.15) is 0 Å². The number of rotatable bonds is 3. The molecule has 0 aliphatic heterocycles. The first-order valence-corrected chi connectivity index (χ1v) is 4.99. The second kappa shape index (κ2) is 3.96. The van der Waals surface area contributed by atoms with E-state index in [2.05, 4.69) is 31.0 Å². The van der Waals surface area contributed by atoms with Crippen molar-refractivity contribution in [3.05, 3.63) is 10.0 Å². The molecular formula is C8H15N3S. The van der Waals surface area contributed by atoms with E-state index in [1.807, 2.05) is 0 Å². The van der Waals surface area contributed by atoms with Crippen LogP contribution in [0.25, 0.3) is 0 Å². The number of nitrogens with zero attached hydrogens (tertiary/aromatic N) is 2. The molecule has 1 heterocycles. The normalized spacial score (nSPS) is 13.8. The van der Waals surface area contributed by atoms with Gasteiger partial charge >= 0.3 is 0 Å². The summed E-state index contributed by atoms with van der Waals surface area (Å²) in [6, 6.07) is 0. The summed E-state index contributed by atoms with van der Waals surface area (Å²) in [5.41, 5.74) is 5.45. The Bertz CT molecular complexity index is 244. The summed E-state index contributed by atoms with van der Waals surface area (Å²) in [7, 11) is 0. The molecule has 3 nitrogen and oxygen atoms in total. The molecule has 1 atom stereocenters. The zero-order valence-electron chi connectivity index (χ0n) is 7.74. The van der Waals surface area contributed by atoms with Gasteiger partial charge < -0.3 is 5.73 Å². The molecule has 1 aromatic rings. The predicted octanol–water partition coefficient (Wildman–Crippen LogP) is 1.76. The summed E-state index contributed by atoms with van der Waals surface area (Å²) in [5.74, 6) is 1.10. The number of nitrogens with two attached hydrogens (primary N) is 1. The van der Waals surface area contributed by atoms with Gasteiger partial charge in [-0.15, -0.1) is 10.2 Å². The average molecular weight is 185 g/mol. The summed E-state index contributed by atoms with van der Waals surface area (Å²) in [4.78, 5) is 0. The minimum atomic E-state index is 0.489. The Balaban J connectivity index is 2.74. The largest absolute Gasteiger partial charge is 0.324 e. The second-order valence-corrected chi connectivity index (χ2v) is 4.36. The van der Waals surface area contributed by atoms with Crippen LogP contribution in [0.1, 0.15) is 36.7 Å². The quantitative estimate of drug-likeness (QED) is 0.780. The molecule has 1 unspecified atom stereocenters. The molecule has 0 radical (unpaired) electrons. The Morgan fingerprint density at radius 1 is 1.33 bits per heavy atom. The maximum atomic E-state index is 5.45. The molecular weight excluding hydrogens is 170 g/mol. The Morgan fingerprint density at radius 3 is 2.42 bits per heavy atom. The van der Waals surface area contributed by atoms with Crippen molar-refractivity contribution in [2.24, 2.45) is 11.7 Å². The first-order chi connectivity index (χ1) is 5.65. The fourth-order valence-electron chi connectivity index (χ4n) is 0.818. The Kier molecular flexibility index (Phi) is 3.17. The van der Waals surface area contributed by atoms with E-state index in [1.54, 1.807) is 11.3 Å². The second-order valence-electron chi connectivity index (χ2n) is 3.27. The molecule has 0 aliphatic carbocycles. The lowest BCUT2D eigenvalue weighted by molar-refractivity contribution is 0.529. The molecule has 0 aromatic carbocycles. The van der Waals surface area contributed by atoms with E-state index in [0.717, 1.165) is 10.0 Å². The minimum Gasteiger partial charge on any atom is -0.324 e. The van der Waals surface area contributed by atoms with Crippen molar-refractivity contribution in [1.29, 1.82) is 0 Å². The first kappa shape index (κ1) is 9.61. The van der Waals surface area contributed by atoms with Gasteiger partial charge in [0.25, 0.3) is 0 Å². The van der Waals surface area contributed by atoms with Crippen LogP contribution < -0.4 is 5.73 Å². The van der Waals surface area contributed by atoms with Crippen LogP contribution in [0.4, 0.5) is 0 Å². The van der Waals surface area contributed by atoms with Crippen molar-refractivity contribution in [2.75, 3.05) is 0 Å². The highest BCUT2D eigenvalue weighted by atomic mass is 32.1. The van der Waals surface area contributed by atoms with E-state index < -0.39 is 0 Å². The van der Waals surface area contributed by atoms with Crippen LogP contribution in [0.15, 0.2) is 0 Å². The zero-order chi connectivity index (χ0) is 9.14. The summed E-state index contributed by atoms with van der Waals surface area (Å²) in [6.07, 6.45) is 0. The highest BCUT2D eigenvalue weighted by Gasteiger charge is 2.14. The zero-order valence-corrected chi connectivity index (χ0v) is 8.56. The molecule has 1 aromatic heterocycles. The maximum absolute atomic E-state index is 5.45. The van der Waals surface area contributed by atoms with Gasteiger partial charge in [-0.1, -0.05) is 32.1 Å². The van der Waals surface area contributed by atoms with Crippen molar-refractivity contribution in [3.8, 4) is 0 Å². The van der Waals surface area contributed by atoms with Gasteiger partial charge in [-0.3, -0.25) is 0 Å². The van der Waals surface area contributed by atoms with Gasteiger partial charge in [0.15, 0.2) is 0 Å². The van der Waals surface area contributed by atoms with Crippen molar-refractivity contribution in [1.82, 2.24) is 10.2 Å². The Morgan fingerprint density at radius 2 is 2.00 bits per heavy atom. The third-order valence-electron chi connectivity index (χ3n) is 2.05. The van der Waals surface area contributed by atoms with E-state index in [-0.39, 0.29) is 0 Å². The molecule has 0 fully saturated rings. The first-order valence-electron chi connectivity index (χ1n) is 4.17. The molecule has 2 N–H and O–H groups in total. The minimum absolute atomic E-state index is 0.489. The molecule has 0 saturated carbocycles. The molecule has 0 spiro atoms. The van der Waals surface area contributed by atoms with Crippen LogP contribution in [0.5, 0.6) is 0 Å². The van der Waals surface area contributed by atoms with Crippen molar-refractivity contribution in [3.63, 3.8) is 0 Å². The van der Waals surface area contributed by atoms with Gasteiger partial charge in [0.2, 0.25) is 0 Å². The van der Waals surface area contributed by atoms with Crippen LogP contribution in [0, 0.1) is 5.92 Å². The molecule has 12 heavy (non-hydrogen) atoms. The molecule has 0 saturated heterocycles. The summed E-state index contributed by atoms with van der Waals surface area (Å²) in [6.45, 7) is 7.05. The lowest BCUT2D eigenvalue weighted by Crippen LogP contribution is -2.00. The van der Waals surface area contributed by atoms with Gasteiger partial charge in [0.05, 0.1) is 0 Å². The van der Waals surface area contributed by atoms with Gasteiger partial charge in [0, 0.05) is 12.5 Å². The monoisotopic (exact) mass is 185 g/mol. The molecule has 4 heteroatoms. The fraction of sp³-hybridized carbons (Fsp3) is 0.750. The van der Waals surface area contributed by atoms with E-state index in [9.17, 15) is 0 Å². The van der Waals surface area contributed by atoms with Gasteiger partial charge in [-0.05, 0) is 5.92 Å². The maximum Gasteiger partial charge on any atom is 0.131 e. The van der Waals surface area contributed by atoms with E-state index >= 15 is 0 Å². The number of aromatic nitrogens is 2. The van der Waals surface area contributed by atoms with E-state index in [1.165, 1.54) is 0 Å². The van der Waals surface area contributed by atoms with Crippen LogP contribution in [-0.4, -0.2) is 10.2 Å². The Labute approximate surface area is 77.0 Å². The van der Waals surface area contributed by atoms with Crippen molar-refractivity contribution in [2.45, 2.75) is 33.2 Å². The van der Waals surface area contributed by atoms with E-state index in [4.69, 9.17) is 5.73 Å².